The molecule has 2 heterocycles. The number of nitrogens with two attached hydrogens (primary N) is 1. The van der Waals surface area contributed by atoms with E-state index in [0.717, 1.165) is 0 Å². The number of nitrogens with one attached hydrogen (secondary N) is 2. The highest BCUT2D eigenvalue weighted by Crippen LogP contribution is 2.32. The summed E-state index contributed by atoms with van der Waals surface area (Å²) in [5.74, 6) is -1.41. The molecule has 0 bridgehead atoms. The van der Waals surface area contributed by atoms with Crippen molar-refractivity contribution in [2.45, 2.75) is 25.5 Å². The fourth-order valence-electron chi connectivity index (χ4n) is 3.19. The number of carbonyl (C=O) groups excluding carboxylic acids is 3. The Morgan fingerprint density at radius 3 is 2.70 bits per heavy atom. The van der Waals surface area contributed by atoms with Crippen LogP contribution in [-0.2, 0) is 14.4 Å². The molecule has 3 amide bonds. The van der Waals surface area contributed by atoms with Gasteiger partial charge >= 0.3 is 0 Å². The molecule has 2 unspecified atom stereocenters. The molecule has 0 saturated carbocycles. The molecule has 2 atom stereocenters. The Labute approximate surface area is 170 Å². The summed E-state index contributed by atoms with van der Waals surface area (Å²) in [6.07, 6.45) is -0.602. The molecule has 2 aromatic carbocycles. The number of nitrogens with zero attached hydrogens (tertiary/aromatic N) is 2. The van der Waals surface area contributed by atoms with Crippen molar-refractivity contribution in [2.75, 3.05) is 15.6 Å². The molecule has 0 fully saturated rings. The van der Waals surface area contributed by atoms with Crippen LogP contribution in [0.1, 0.15) is 13.3 Å². The van der Waals surface area contributed by atoms with Gasteiger partial charge in [-0.25, -0.2) is 4.39 Å². The Morgan fingerprint density at radius 2 is 2.00 bits per heavy atom. The molecule has 2 aliphatic rings. The van der Waals surface area contributed by atoms with Gasteiger partial charge < -0.3 is 21.1 Å². The maximum atomic E-state index is 13.2. The fraction of sp³-hybridized carbons (Fsp3) is 0.200. The second-order valence-electron chi connectivity index (χ2n) is 6.90. The summed E-state index contributed by atoms with van der Waals surface area (Å²) in [5.41, 5.74) is 6.84. The van der Waals surface area contributed by atoms with Crippen LogP contribution in [0.2, 0.25) is 0 Å². The molecular weight excluding hydrogens is 393 g/mol. The first kappa shape index (κ1) is 19.4. The number of rotatable bonds is 4. The minimum Gasteiger partial charge on any atom is -0.479 e. The molecule has 0 spiro atoms. The van der Waals surface area contributed by atoms with E-state index in [4.69, 9.17) is 10.5 Å². The summed E-state index contributed by atoms with van der Waals surface area (Å²) in [7, 11) is 0. The Balaban J connectivity index is 1.54. The third kappa shape index (κ3) is 3.66. The number of carbonyl (C=O) groups is 3. The van der Waals surface area contributed by atoms with E-state index in [-0.39, 0.29) is 18.0 Å². The monoisotopic (exact) mass is 411 g/mol. The van der Waals surface area contributed by atoms with Gasteiger partial charge in [0.15, 0.2) is 6.10 Å². The van der Waals surface area contributed by atoms with Crippen molar-refractivity contribution in [2.24, 2.45) is 10.8 Å². The van der Waals surface area contributed by atoms with E-state index in [1.165, 1.54) is 29.3 Å². The molecule has 30 heavy (non-hydrogen) atoms. The van der Waals surface area contributed by atoms with E-state index in [1.807, 2.05) is 0 Å². The summed E-state index contributed by atoms with van der Waals surface area (Å²) in [4.78, 5) is 36.3. The first-order valence-electron chi connectivity index (χ1n) is 9.16. The summed E-state index contributed by atoms with van der Waals surface area (Å²) in [6.45, 7) is 1.63. The van der Waals surface area contributed by atoms with Gasteiger partial charge in [0.25, 0.3) is 11.8 Å². The summed E-state index contributed by atoms with van der Waals surface area (Å²) in [6, 6.07) is 9.31. The third-order valence-electron chi connectivity index (χ3n) is 4.76. The summed E-state index contributed by atoms with van der Waals surface area (Å²) in [5, 5.41) is 10.9. The zero-order valence-electron chi connectivity index (χ0n) is 15.9. The lowest BCUT2D eigenvalue weighted by atomic mass is 10.1. The largest absolute Gasteiger partial charge is 0.479 e. The Hall–Kier alpha value is -3.95. The molecule has 0 aromatic heterocycles. The summed E-state index contributed by atoms with van der Waals surface area (Å²) < 4.78 is 18.7. The number of primary amides is 1. The van der Waals surface area contributed by atoms with Gasteiger partial charge in [0, 0.05) is 12.1 Å². The van der Waals surface area contributed by atoms with Crippen molar-refractivity contribution in [1.29, 1.82) is 0 Å². The SMILES string of the molecule is CC1Oc2ccc(NC(=O)C3=NN(c4ccc(F)cc4)C(C(N)=O)C3)cc2NC1=O. The number of amides is 3. The predicted octanol–water partition coefficient (Wildman–Crippen LogP) is 1.60. The average Bonchev–Trinajstić information content (AvgIpc) is 3.16. The molecule has 2 aromatic rings. The van der Waals surface area contributed by atoms with Crippen LogP contribution in [0.5, 0.6) is 5.75 Å². The Kier molecular flexibility index (Phi) is 4.82. The zero-order valence-corrected chi connectivity index (χ0v) is 15.9. The first-order chi connectivity index (χ1) is 14.3. The molecule has 10 heteroatoms. The van der Waals surface area contributed by atoms with E-state index in [2.05, 4.69) is 15.7 Å². The van der Waals surface area contributed by atoms with Gasteiger partial charge in [0.05, 0.1) is 11.4 Å². The van der Waals surface area contributed by atoms with Crippen LogP contribution in [0.4, 0.5) is 21.5 Å². The third-order valence-corrected chi connectivity index (χ3v) is 4.76. The number of hydrazone groups is 1. The summed E-state index contributed by atoms with van der Waals surface area (Å²) >= 11 is 0. The van der Waals surface area contributed by atoms with E-state index in [9.17, 15) is 18.8 Å². The maximum Gasteiger partial charge on any atom is 0.271 e. The van der Waals surface area contributed by atoms with Crippen molar-refractivity contribution in [3.05, 3.63) is 48.3 Å². The van der Waals surface area contributed by atoms with Crippen LogP contribution in [0, 0.1) is 5.82 Å². The second kappa shape index (κ2) is 7.47. The number of ether oxygens (including phenoxy) is 1. The number of hydrogen-bond donors (Lipinski definition) is 3. The normalized spacial score (nSPS) is 20.0. The molecule has 0 saturated heterocycles. The van der Waals surface area contributed by atoms with Crippen LogP contribution in [0.25, 0.3) is 0 Å². The quantitative estimate of drug-likeness (QED) is 0.705. The van der Waals surface area contributed by atoms with Crippen molar-refractivity contribution in [3.8, 4) is 5.75 Å². The number of anilines is 3. The van der Waals surface area contributed by atoms with E-state index < -0.39 is 29.8 Å². The number of benzene rings is 2. The van der Waals surface area contributed by atoms with Crippen LogP contribution in [0.3, 0.4) is 0 Å². The average molecular weight is 411 g/mol. The molecule has 0 aliphatic carbocycles. The number of fused-ring (bicyclic) bond motifs is 1. The smallest absolute Gasteiger partial charge is 0.271 e. The topological polar surface area (TPSA) is 126 Å². The second-order valence-corrected chi connectivity index (χ2v) is 6.90. The van der Waals surface area contributed by atoms with Crippen molar-refractivity contribution < 1.29 is 23.5 Å². The van der Waals surface area contributed by atoms with Gasteiger partial charge in [-0.05, 0) is 49.4 Å². The highest BCUT2D eigenvalue weighted by atomic mass is 19.1. The fourth-order valence-corrected chi connectivity index (χ4v) is 3.19. The van der Waals surface area contributed by atoms with E-state index in [1.54, 1.807) is 25.1 Å². The van der Waals surface area contributed by atoms with Gasteiger partial charge in [-0.3, -0.25) is 19.4 Å². The number of halogens is 1. The highest BCUT2D eigenvalue weighted by Gasteiger charge is 2.35. The van der Waals surface area contributed by atoms with E-state index in [0.29, 0.717) is 22.8 Å². The minimum absolute atomic E-state index is 0.000839. The van der Waals surface area contributed by atoms with Gasteiger partial charge in [-0.2, -0.15) is 5.10 Å². The molecular formula is C20H18FN5O4. The molecule has 4 rings (SSSR count). The zero-order chi connectivity index (χ0) is 21.4. The molecule has 154 valence electrons. The Bertz CT molecular complexity index is 1070. The van der Waals surface area contributed by atoms with Crippen LogP contribution in [-0.4, -0.2) is 35.6 Å². The maximum absolute atomic E-state index is 13.2. The minimum atomic E-state index is -0.867. The molecule has 9 nitrogen and oxygen atoms in total. The lowest BCUT2D eigenvalue weighted by Gasteiger charge is -2.23. The van der Waals surface area contributed by atoms with Crippen LogP contribution >= 0.6 is 0 Å². The highest BCUT2D eigenvalue weighted by molar-refractivity contribution is 6.44. The molecule has 4 N–H and O–H groups in total. The first-order valence-corrected chi connectivity index (χ1v) is 9.16. The predicted molar refractivity (Wildman–Crippen MR) is 108 cm³/mol. The Morgan fingerprint density at radius 1 is 1.27 bits per heavy atom. The van der Waals surface area contributed by atoms with E-state index >= 15 is 0 Å². The van der Waals surface area contributed by atoms with Crippen LogP contribution < -0.4 is 26.1 Å². The lowest BCUT2D eigenvalue weighted by Crippen LogP contribution is -2.39. The molecule has 0 radical (unpaired) electrons. The van der Waals surface area contributed by atoms with Crippen molar-refractivity contribution in [3.63, 3.8) is 0 Å². The standard InChI is InChI=1S/C20H18FN5O4/c1-10-19(28)24-14-8-12(4-7-17(14)30-10)23-20(29)15-9-16(18(22)27)26(25-15)13-5-2-11(21)3-6-13/h2-8,10,16H,9H2,1H3,(H2,22,27)(H,23,29)(H,24,28). The van der Waals surface area contributed by atoms with Crippen LogP contribution in [0.15, 0.2) is 47.6 Å². The van der Waals surface area contributed by atoms with Gasteiger partial charge in [0.1, 0.15) is 23.3 Å². The lowest BCUT2D eigenvalue weighted by molar-refractivity contribution is -0.122. The van der Waals surface area contributed by atoms with Gasteiger partial charge in [-0.1, -0.05) is 0 Å². The number of hydrogen-bond acceptors (Lipinski definition) is 6. The van der Waals surface area contributed by atoms with Crippen molar-refractivity contribution >= 4 is 40.5 Å². The van der Waals surface area contributed by atoms with Gasteiger partial charge in [0.2, 0.25) is 5.91 Å². The molecule has 2 aliphatic heterocycles. The van der Waals surface area contributed by atoms with Gasteiger partial charge in [-0.15, -0.1) is 0 Å². The van der Waals surface area contributed by atoms with Crippen molar-refractivity contribution in [1.82, 2.24) is 0 Å².